The molecule has 0 aliphatic carbocycles. The molecule has 0 atom stereocenters. The van der Waals surface area contributed by atoms with E-state index in [1.165, 1.54) is 0 Å². The summed E-state index contributed by atoms with van der Waals surface area (Å²) in [5, 5.41) is 11.6. The van der Waals surface area contributed by atoms with Gasteiger partial charge in [0.15, 0.2) is 17.5 Å². The van der Waals surface area contributed by atoms with Gasteiger partial charge in [0.05, 0.1) is 6.61 Å². The lowest BCUT2D eigenvalue weighted by molar-refractivity contribution is 0.0949. The monoisotopic (exact) mass is 295 g/mol. The molecule has 0 saturated carbocycles. The number of carbonyl (C=O) groups is 1. The Balaban J connectivity index is 2.12. The lowest BCUT2D eigenvalue weighted by Crippen LogP contribution is -2.24. The maximum Gasteiger partial charge on any atom is 0.251 e. The Bertz CT molecular complexity index is 651. The minimum Gasteiger partial charge on any atom is -0.392 e. The minimum atomic E-state index is -1.61. The first-order valence-electron chi connectivity index (χ1n) is 6.13. The maximum atomic E-state index is 13.1. The Labute approximate surface area is 119 Å². The lowest BCUT2D eigenvalue weighted by Gasteiger charge is -2.09. The van der Waals surface area contributed by atoms with Crippen LogP contribution in [0.3, 0.4) is 0 Å². The smallest absolute Gasteiger partial charge is 0.251 e. The van der Waals surface area contributed by atoms with Gasteiger partial charge in [0, 0.05) is 12.1 Å². The number of halogens is 3. The fourth-order valence-electron chi connectivity index (χ4n) is 1.85. The van der Waals surface area contributed by atoms with Gasteiger partial charge >= 0.3 is 0 Å². The van der Waals surface area contributed by atoms with Gasteiger partial charge in [0.2, 0.25) is 0 Å². The highest BCUT2D eigenvalue weighted by Gasteiger charge is 2.15. The van der Waals surface area contributed by atoms with E-state index in [0.29, 0.717) is 23.3 Å². The molecule has 2 rings (SSSR count). The highest BCUT2D eigenvalue weighted by molar-refractivity contribution is 5.94. The third-order valence-corrected chi connectivity index (χ3v) is 2.97. The molecular formula is C15H12F3NO2. The fourth-order valence-corrected chi connectivity index (χ4v) is 1.85. The van der Waals surface area contributed by atoms with Gasteiger partial charge in [-0.1, -0.05) is 24.3 Å². The van der Waals surface area contributed by atoms with Gasteiger partial charge in [-0.2, -0.15) is 0 Å². The van der Waals surface area contributed by atoms with Crippen molar-refractivity contribution < 1.29 is 23.1 Å². The first-order chi connectivity index (χ1) is 10.0. The SMILES string of the molecule is O=C(NCc1ccccc1CO)c1cc(F)c(F)c(F)c1. The molecular weight excluding hydrogens is 283 g/mol. The van der Waals surface area contributed by atoms with Crippen molar-refractivity contribution in [2.45, 2.75) is 13.2 Å². The third kappa shape index (κ3) is 3.41. The normalized spacial score (nSPS) is 10.5. The third-order valence-electron chi connectivity index (χ3n) is 2.97. The predicted molar refractivity (Wildman–Crippen MR) is 69.9 cm³/mol. The average molecular weight is 295 g/mol. The molecule has 0 fully saturated rings. The zero-order valence-corrected chi connectivity index (χ0v) is 10.9. The second-order valence-electron chi connectivity index (χ2n) is 4.36. The first kappa shape index (κ1) is 15.1. The Morgan fingerprint density at radius 1 is 1.05 bits per heavy atom. The first-order valence-corrected chi connectivity index (χ1v) is 6.13. The van der Waals surface area contributed by atoms with Crippen molar-refractivity contribution >= 4 is 5.91 Å². The number of rotatable bonds is 4. The lowest BCUT2D eigenvalue weighted by atomic mass is 10.1. The van der Waals surface area contributed by atoms with Crippen LogP contribution in [0.1, 0.15) is 21.5 Å². The van der Waals surface area contributed by atoms with Gasteiger partial charge in [-0.15, -0.1) is 0 Å². The van der Waals surface area contributed by atoms with Crippen LogP contribution in [0.25, 0.3) is 0 Å². The number of benzene rings is 2. The van der Waals surface area contributed by atoms with Crippen LogP contribution in [-0.4, -0.2) is 11.0 Å². The molecule has 2 aromatic rings. The molecule has 6 heteroatoms. The molecule has 0 aliphatic heterocycles. The fraction of sp³-hybridized carbons (Fsp3) is 0.133. The van der Waals surface area contributed by atoms with E-state index in [4.69, 9.17) is 5.11 Å². The van der Waals surface area contributed by atoms with E-state index < -0.39 is 23.4 Å². The molecule has 0 heterocycles. The van der Waals surface area contributed by atoms with Gasteiger partial charge < -0.3 is 10.4 Å². The summed E-state index contributed by atoms with van der Waals surface area (Å²) in [6.45, 7) is -0.109. The Hall–Kier alpha value is -2.34. The molecule has 1 amide bonds. The highest BCUT2D eigenvalue weighted by atomic mass is 19.2. The number of aliphatic hydroxyl groups is 1. The number of aliphatic hydroxyl groups excluding tert-OH is 1. The molecule has 0 saturated heterocycles. The average Bonchev–Trinajstić information content (AvgIpc) is 2.49. The molecule has 0 aliphatic rings. The second-order valence-corrected chi connectivity index (χ2v) is 4.36. The summed E-state index contributed by atoms with van der Waals surface area (Å²) in [4.78, 5) is 11.8. The van der Waals surface area contributed by atoms with E-state index in [1.54, 1.807) is 24.3 Å². The summed E-state index contributed by atoms with van der Waals surface area (Å²) in [5.41, 5.74) is 0.999. The largest absolute Gasteiger partial charge is 0.392 e. The van der Waals surface area contributed by atoms with Crippen LogP contribution in [0.2, 0.25) is 0 Å². The molecule has 0 unspecified atom stereocenters. The highest BCUT2D eigenvalue weighted by Crippen LogP contribution is 2.14. The summed E-state index contributed by atoms with van der Waals surface area (Å²) < 4.78 is 38.9. The Morgan fingerprint density at radius 2 is 1.62 bits per heavy atom. The maximum absolute atomic E-state index is 13.1. The van der Waals surface area contributed by atoms with E-state index in [1.807, 2.05) is 0 Å². The second kappa shape index (κ2) is 6.41. The topological polar surface area (TPSA) is 49.3 Å². The number of hydrogen-bond acceptors (Lipinski definition) is 2. The molecule has 3 nitrogen and oxygen atoms in total. The Morgan fingerprint density at radius 3 is 2.19 bits per heavy atom. The molecule has 0 radical (unpaired) electrons. The van der Waals surface area contributed by atoms with Gasteiger partial charge in [0.1, 0.15) is 0 Å². The summed E-state index contributed by atoms with van der Waals surface area (Å²) in [6.07, 6.45) is 0. The van der Waals surface area contributed by atoms with Gasteiger partial charge in [-0.3, -0.25) is 4.79 Å². The van der Waals surface area contributed by atoms with E-state index in [9.17, 15) is 18.0 Å². The van der Waals surface area contributed by atoms with Crippen molar-refractivity contribution in [2.75, 3.05) is 0 Å². The molecule has 110 valence electrons. The molecule has 0 aromatic heterocycles. The molecule has 21 heavy (non-hydrogen) atoms. The zero-order chi connectivity index (χ0) is 15.4. The van der Waals surface area contributed by atoms with Crippen LogP contribution < -0.4 is 5.32 Å². The molecule has 0 spiro atoms. The summed E-state index contributed by atoms with van der Waals surface area (Å²) >= 11 is 0. The molecule has 0 bridgehead atoms. The standard InChI is InChI=1S/C15H12F3NO2/c16-12-5-11(6-13(17)14(12)18)15(21)19-7-9-3-1-2-4-10(9)8-20/h1-6,20H,7-8H2,(H,19,21). The summed E-state index contributed by atoms with van der Waals surface area (Å²) in [7, 11) is 0. The van der Waals surface area contributed by atoms with Crippen LogP contribution in [-0.2, 0) is 13.2 Å². The van der Waals surface area contributed by atoms with Crippen molar-refractivity contribution in [1.82, 2.24) is 5.32 Å². The number of hydrogen-bond donors (Lipinski definition) is 2. The summed E-state index contributed by atoms with van der Waals surface area (Å²) in [5.74, 6) is -5.19. The van der Waals surface area contributed by atoms with Crippen LogP contribution >= 0.6 is 0 Å². The van der Waals surface area contributed by atoms with Crippen molar-refractivity contribution in [3.05, 3.63) is 70.5 Å². The Kier molecular flexibility index (Phi) is 4.59. The van der Waals surface area contributed by atoms with Crippen molar-refractivity contribution in [1.29, 1.82) is 0 Å². The summed E-state index contributed by atoms with van der Waals surface area (Å²) in [6, 6.07) is 8.13. The number of carbonyl (C=O) groups excluding carboxylic acids is 1. The van der Waals surface area contributed by atoms with Crippen LogP contribution in [0.5, 0.6) is 0 Å². The zero-order valence-electron chi connectivity index (χ0n) is 10.9. The number of amides is 1. The van der Waals surface area contributed by atoms with Crippen molar-refractivity contribution in [2.24, 2.45) is 0 Å². The van der Waals surface area contributed by atoms with E-state index in [0.717, 1.165) is 0 Å². The van der Waals surface area contributed by atoms with Crippen LogP contribution in [0.15, 0.2) is 36.4 Å². The van der Waals surface area contributed by atoms with Crippen LogP contribution in [0.4, 0.5) is 13.2 Å². The van der Waals surface area contributed by atoms with Crippen molar-refractivity contribution in [3.63, 3.8) is 0 Å². The molecule has 2 N–H and O–H groups in total. The predicted octanol–water partition coefficient (Wildman–Crippen LogP) is 2.53. The van der Waals surface area contributed by atoms with Crippen molar-refractivity contribution in [3.8, 4) is 0 Å². The van der Waals surface area contributed by atoms with E-state index in [-0.39, 0.29) is 18.7 Å². The molecule has 2 aromatic carbocycles. The van der Waals surface area contributed by atoms with Gasteiger partial charge in [-0.25, -0.2) is 13.2 Å². The van der Waals surface area contributed by atoms with E-state index >= 15 is 0 Å². The van der Waals surface area contributed by atoms with Crippen LogP contribution in [0, 0.1) is 17.5 Å². The number of nitrogens with one attached hydrogen (secondary N) is 1. The minimum absolute atomic E-state index is 0.0795. The van der Waals surface area contributed by atoms with E-state index in [2.05, 4.69) is 5.32 Å². The van der Waals surface area contributed by atoms with Gasteiger partial charge in [0.25, 0.3) is 5.91 Å². The quantitative estimate of drug-likeness (QED) is 0.852. The van der Waals surface area contributed by atoms with Gasteiger partial charge in [-0.05, 0) is 23.3 Å².